The van der Waals surface area contributed by atoms with E-state index in [2.05, 4.69) is 38.4 Å². The van der Waals surface area contributed by atoms with E-state index in [1.54, 1.807) is 6.33 Å². The number of aryl methyl sites for hydroxylation is 2. The Kier molecular flexibility index (Phi) is 3.21. The Hall–Kier alpha value is -2.50. The van der Waals surface area contributed by atoms with Crippen molar-refractivity contribution < 1.29 is 0 Å². The number of rotatable bonds is 3. The van der Waals surface area contributed by atoms with Gasteiger partial charge >= 0.3 is 0 Å². The molecular formula is C16H18N6. The summed E-state index contributed by atoms with van der Waals surface area (Å²) in [6.07, 6.45) is 4.49. The van der Waals surface area contributed by atoms with Gasteiger partial charge in [-0.3, -0.25) is 0 Å². The van der Waals surface area contributed by atoms with Crippen LogP contribution in [0.2, 0.25) is 0 Å². The fourth-order valence-corrected chi connectivity index (χ4v) is 2.94. The third kappa shape index (κ3) is 2.30. The van der Waals surface area contributed by atoms with Crippen molar-refractivity contribution >= 4 is 16.7 Å². The average molecular weight is 294 g/mol. The summed E-state index contributed by atoms with van der Waals surface area (Å²) in [4.78, 5) is 13.3. The second kappa shape index (κ2) is 5.36. The smallest absolute Gasteiger partial charge is 0.150 e. The maximum Gasteiger partial charge on any atom is 0.150 e. The number of hydrogen-bond donors (Lipinski definition) is 1. The standard InChI is InChI=1S/C16H18N6/c1-2-14-20-15-8-7-11(9-22(15)21-14)19-16-12-5-3-4-6-13(12)17-10-18-16/h3-6,10-11H,2,7-9H2,1H3,(H,17,18,19). The van der Waals surface area contributed by atoms with E-state index >= 15 is 0 Å². The summed E-state index contributed by atoms with van der Waals surface area (Å²) in [7, 11) is 0. The van der Waals surface area contributed by atoms with Crippen LogP contribution in [0.4, 0.5) is 5.82 Å². The molecular weight excluding hydrogens is 276 g/mol. The Labute approximate surface area is 128 Å². The molecule has 0 bridgehead atoms. The molecule has 1 aliphatic rings. The van der Waals surface area contributed by atoms with Crippen LogP contribution >= 0.6 is 0 Å². The van der Waals surface area contributed by atoms with Crippen molar-refractivity contribution in [1.29, 1.82) is 0 Å². The highest BCUT2D eigenvalue weighted by atomic mass is 15.4. The van der Waals surface area contributed by atoms with Crippen LogP contribution in [0.1, 0.15) is 25.0 Å². The normalized spacial score (nSPS) is 17.4. The molecule has 3 aromatic rings. The first-order valence-electron chi connectivity index (χ1n) is 7.72. The van der Waals surface area contributed by atoms with Crippen molar-refractivity contribution in [3.05, 3.63) is 42.2 Å². The lowest BCUT2D eigenvalue weighted by molar-refractivity contribution is 0.440. The molecule has 1 aliphatic heterocycles. The van der Waals surface area contributed by atoms with Crippen molar-refractivity contribution in [2.45, 2.75) is 38.8 Å². The van der Waals surface area contributed by atoms with Gasteiger partial charge < -0.3 is 5.32 Å². The average Bonchev–Trinajstić information content (AvgIpc) is 2.98. The molecule has 0 aliphatic carbocycles. The number of anilines is 1. The number of para-hydroxylation sites is 1. The van der Waals surface area contributed by atoms with E-state index in [1.165, 1.54) is 0 Å². The van der Waals surface area contributed by atoms with Gasteiger partial charge in [0.2, 0.25) is 0 Å². The number of benzene rings is 1. The van der Waals surface area contributed by atoms with Gasteiger partial charge in [-0.1, -0.05) is 19.1 Å². The van der Waals surface area contributed by atoms with Gasteiger partial charge in [-0.15, -0.1) is 0 Å². The van der Waals surface area contributed by atoms with Crippen LogP contribution in [0.5, 0.6) is 0 Å². The van der Waals surface area contributed by atoms with Crippen molar-refractivity contribution in [2.75, 3.05) is 5.32 Å². The minimum Gasteiger partial charge on any atom is -0.365 e. The zero-order valence-corrected chi connectivity index (χ0v) is 12.5. The lowest BCUT2D eigenvalue weighted by Gasteiger charge is -2.24. The van der Waals surface area contributed by atoms with E-state index in [9.17, 15) is 0 Å². The summed E-state index contributed by atoms with van der Waals surface area (Å²) in [6.45, 7) is 2.92. The molecule has 4 rings (SSSR count). The summed E-state index contributed by atoms with van der Waals surface area (Å²) in [5, 5.41) is 9.17. The summed E-state index contributed by atoms with van der Waals surface area (Å²) >= 11 is 0. The molecule has 6 nitrogen and oxygen atoms in total. The fourth-order valence-electron chi connectivity index (χ4n) is 2.94. The van der Waals surface area contributed by atoms with Gasteiger partial charge in [-0.05, 0) is 18.6 Å². The SMILES string of the molecule is CCc1nc2n(n1)CC(Nc1ncnc3ccccc13)CC2. The lowest BCUT2D eigenvalue weighted by Crippen LogP contribution is -2.32. The first-order valence-corrected chi connectivity index (χ1v) is 7.72. The summed E-state index contributed by atoms with van der Waals surface area (Å²) in [5.41, 5.74) is 0.963. The molecule has 0 radical (unpaired) electrons. The molecule has 1 unspecified atom stereocenters. The molecule has 112 valence electrons. The van der Waals surface area contributed by atoms with Gasteiger partial charge in [0.1, 0.15) is 18.0 Å². The number of aromatic nitrogens is 5. The molecule has 22 heavy (non-hydrogen) atoms. The number of nitrogens with zero attached hydrogens (tertiary/aromatic N) is 5. The monoisotopic (exact) mass is 294 g/mol. The summed E-state index contributed by atoms with van der Waals surface area (Å²) < 4.78 is 2.03. The van der Waals surface area contributed by atoms with Crippen LogP contribution < -0.4 is 5.32 Å². The third-order valence-corrected chi connectivity index (χ3v) is 4.10. The van der Waals surface area contributed by atoms with Crippen LogP contribution in [0, 0.1) is 0 Å². The Morgan fingerprint density at radius 2 is 2.18 bits per heavy atom. The van der Waals surface area contributed by atoms with Crippen molar-refractivity contribution in [1.82, 2.24) is 24.7 Å². The zero-order valence-electron chi connectivity index (χ0n) is 12.5. The highest BCUT2D eigenvalue weighted by Gasteiger charge is 2.22. The van der Waals surface area contributed by atoms with Crippen LogP contribution in [0.3, 0.4) is 0 Å². The molecule has 0 saturated carbocycles. The molecule has 0 fully saturated rings. The Balaban J connectivity index is 1.59. The maximum atomic E-state index is 4.56. The van der Waals surface area contributed by atoms with Gasteiger partial charge in [-0.2, -0.15) is 5.10 Å². The van der Waals surface area contributed by atoms with Crippen LogP contribution in [-0.2, 0) is 19.4 Å². The largest absolute Gasteiger partial charge is 0.365 e. The van der Waals surface area contributed by atoms with Gasteiger partial charge in [0.05, 0.1) is 12.1 Å². The van der Waals surface area contributed by atoms with Gasteiger partial charge in [0.25, 0.3) is 0 Å². The topological polar surface area (TPSA) is 68.5 Å². The van der Waals surface area contributed by atoms with E-state index in [0.717, 1.165) is 54.2 Å². The zero-order chi connectivity index (χ0) is 14.9. The minimum absolute atomic E-state index is 0.317. The predicted molar refractivity (Wildman–Crippen MR) is 84.7 cm³/mol. The van der Waals surface area contributed by atoms with E-state index in [-0.39, 0.29) is 0 Å². The molecule has 0 spiro atoms. The molecule has 1 atom stereocenters. The van der Waals surface area contributed by atoms with Crippen LogP contribution in [0.15, 0.2) is 30.6 Å². The van der Waals surface area contributed by atoms with E-state index < -0.39 is 0 Å². The van der Waals surface area contributed by atoms with Gasteiger partial charge in [0.15, 0.2) is 5.82 Å². The predicted octanol–water partition coefficient (Wildman–Crippen LogP) is 2.21. The second-order valence-electron chi connectivity index (χ2n) is 5.60. The van der Waals surface area contributed by atoms with E-state index in [1.807, 2.05) is 22.9 Å². The highest BCUT2D eigenvalue weighted by Crippen LogP contribution is 2.22. The summed E-state index contributed by atoms with van der Waals surface area (Å²) in [5.74, 6) is 2.93. The van der Waals surface area contributed by atoms with Crippen molar-refractivity contribution in [2.24, 2.45) is 0 Å². The molecule has 2 aromatic heterocycles. The van der Waals surface area contributed by atoms with Crippen molar-refractivity contribution in [3.63, 3.8) is 0 Å². The van der Waals surface area contributed by atoms with Crippen LogP contribution in [0.25, 0.3) is 10.9 Å². The maximum absolute atomic E-state index is 4.56. The quantitative estimate of drug-likeness (QED) is 0.802. The minimum atomic E-state index is 0.317. The molecule has 0 amide bonds. The Morgan fingerprint density at radius 1 is 1.27 bits per heavy atom. The lowest BCUT2D eigenvalue weighted by atomic mass is 10.1. The molecule has 1 aromatic carbocycles. The molecule has 3 heterocycles. The van der Waals surface area contributed by atoms with Crippen molar-refractivity contribution in [3.8, 4) is 0 Å². The van der Waals surface area contributed by atoms with Gasteiger partial charge in [-0.25, -0.2) is 19.6 Å². The number of hydrogen-bond acceptors (Lipinski definition) is 5. The first kappa shape index (κ1) is 13.2. The number of fused-ring (bicyclic) bond motifs is 2. The number of nitrogens with one attached hydrogen (secondary N) is 1. The third-order valence-electron chi connectivity index (χ3n) is 4.10. The molecule has 1 N–H and O–H groups in total. The molecule has 0 saturated heterocycles. The van der Waals surface area contributed by atoms with Gasteiger partial charge in [0, 0.05) is 24.3 Å². The van der Waals surface area contributed by atoms with Crippen LogP contribution in [-0.4, -0.2) is 30.8 Å². The fraction of sp³-hybridized carbons (Fsp3) is 0.375. The summed E-state index contributed by atoms with van der Waals surface area (Å²) in [6, 6.07) is 8.38. The second-order valence-corrected chi connectivity index (χ2v) is 5.60. The molecule has 6 heteroatoms. The first-order chi connectivity index (χ1) is 10.8. The highest BCUT2D eigenvalue weighted by molar-refractivity contribution is 5.88. The Bertz CT molecular complexity index is 804. The van der Waals surface area contributed by atoms with E-state index in [4.69, 9.17) is 0 Å². The van der Waals surface area contributed by atoms with E-state index in [0.29, 0.717) is 6.04 Å². The Morgan fingerprint density at radius 3 is 3.09 bits per heavy atom.